The fraction of sp³-hybridized carbons (Fsp3) is 0.778. The third-order valence-corrected chi connectivity index (χ3v) is 2.96. The summed E-state index contributed by atoms with van der Waals surface area (Å²) in [5.74, 6) is 1.53. The average Bonchev–Trinajstić information content (AvgIpc) is 2.85. The van der Waals surface area contributed by atoms with Crippen LogP contribution in [0.25, 0.3) is 0 Å². The molecule has 2 rings (SSSR count). The molecule has 5 heteroatoms. The Bertz CT molecular complexity index is 258. The summed E-state index contributed by atoms with van der Waals surface area (Å²) in [5.41, 5.74) is 5.70. The monoisotopic (exact) mass is 195 g/mol. The molecule has 1 fully saturated rings. The fourth-order valence-electron chi connectivity index (χ4n) is 2.13. The Morgan fingerprint density at radius 3 is 3.21 bits per heavy atom. The second kappa shape index (κ2) is 4.52. The van der Waals surface area contributed by atoms with E-state index in [1.165, 1.54) is 25.6 Å². The largest absolute Gasteiger partial charge is 0.330 e. The Hall–Kier alpha value is -0.940. The predicted molar refractivity (Wildman–Crippen MR) is 53.4 cm³/mol. The lowest BCUT2D eigenvalue weighted by Gasteiger charge is -2.18. The van der Waals surface area contributed by atoms with Crippen molar-refractivity contribution < 1.29 is 0 Å². The van der Waals surface area contributed by atoms with Crippen LogP contribution in [-0.2, 0) is 6.54 Å². The Morgan fingerprint density at radius 1 is 1.57 bits per heavy atom. The standard InChI is InChI=1S/C9H17N5/c10-4-7-2-1-3-8(7)11-5-9-12-6-13-14-9/h6-8,11H,1-5,10H2,(H,12,13,14). The summed E-state index contributed by atoms with van der Waals surface area (Å²) in [6.45, 7) is 1.55. The normalized spacial score (nSPS) is 26.9. The quantitative estimate of drug-likeness (QED) is 0.633. The maximum absolute atomic E-state index is 5.70. The van der Waals surface area contributed by atoms with E-state index >= 15 is 0 Å². The Balaban J connectivity index is 1.80. The molecule has 78 valence electrons. The highest BCUT2D eigenvalue weighted by Crippen LogP contribution is 2.24. The maximum Gasteiger partial charge on any atom is 0.138 e. The zero-order valence-electron chi connectivity index (χ0n) is 8.24. The molecule has 1 aliphatic carbocycles. The van der Waals surface area contributed by atoms with Crippen LogP contribution in [-0.4, -0.2) is 27.8 Å². The Labute approximate surface area is 83.5 Å². The van der Waals surface area contributed by atoms with E-state index in [0.717, 1.165) is 18.9 Å². The second-order valence-electron chi connectivity index (χ2n) is 3.85. The number of hydrogen-bond acceptors (Lipinski definition) is 4. The molecule has 0 amide bonds. The van der Waals surface area contributed by atoms with Gasteiger partial charge in [0, 0.05) is 6.04 Å². The predicted octanol–water partition coefficient (Wildman–Crippen LogP) is 0.0217. The van der Waals surface area contributed by atoms with Gasteiger partial charge >= 0.3 is 0 Å². The van der Waals surface area contributed by atoms with E-state index in [-0.39, 0.29) is 0 Å². The zero-order valence-corrected chi connectivity index (χ0v) is 8.24. The molecule has 1 aromatic heterocycles. The number of aromatic amines is 1. The van der Waals surface area contributed by atoms with Crippen molar-refractivity contribution in [1.82, 2.24) is 20.5 Å². The van der Waals surface area contributed by atoms with Gasteiger partial charge in [0.15, 0.2) is 0 Å². The lowest BCUT2D eigenvalue weighted by molar-refractivity contribution is 0.402. The second-order valence-corrected chi connectivity index (χ2v) is 3.85. The smallest absolute Gasteiger partial charge is 0.138 e. The fourth-order valence-corrected chi connectivity index (χ4v) is 2.13. The molecule has 1 saturated carbocycles. The van der Waals surface area contributed by atoms with Crippen molar-refractivity contribution in [2.45, 2.75) is 31.8 Å². The van der Waals surface area contributed by atoms with Gasteiger partial charge in [0.2, 0.25) is 0 Å². The molecule has 0 saturated heterocycles. The van der Waals surface area contributed by atoms with E-state index in [1.807, 2.05) is 0 Å². The van der Waals surface area contributed by atoms with Crippen LogP contribution in [0.4, 0.5) is 0 Å². The summed E-state index contributed by atoms with van der Waals surface area (Å²) in [5, 5.41) is 10.1. The number of H-pyrrole nitrogens is 1. The van der Waals surface area contributed by atoms with Gasteiger partial charge < -0.3 is 11.1 Å². The van der Waals surface area contributed by atoms with Crippen LogP contribution in [0.5, 0.6) is 0 Å². The van der Waals surface area contributed by atoms with E-state index < -0.39 is 0 Å². The van der Waals surface area contributed by atoms with Crippen molar-refractivity contribution in [2.24, 2.45) is 11.7 Å². The summed E-state index contributed by atoms with van der Waals surface area (Å²) >= 11 is 0. The summed E-state index contributed by atoms with van der Waals surface area (Å²) in [7, 11) is 0. The Kier molecular flexibility index (Phi) is 3.10. The lowest BCUT2D eigenvalue weighted by atomic mass is 10.0. The highest BCUT2D eigenvalue weighted by atomic mass is 15.2. The summed E-state index contributed by atoms with van der Waals surface area (Å²) < 4.78 is 0. The van der Waals surface area contributed by atoms with E-state index in [1.54, 1.807) is 0 Å². The van der Waals surface area contributed by atoms with Crippen LogP contribution < -0.4 is 11.1 Å². The van der Waals surface area contributed by atoms with Crippen molar-refractivity contribution in [2.75, 3.05) is 6.54 Å². The van der Waals surface area contributed by atoms with Gasteiger partial charge in [0.1, 0.15) is 12.2 Å². The van der Waals surface area contributed by atoms with Gasteiger partial charge in [-0.25, -0.2) is 4.98 Å². The van der Waals surface area contributed by atoms with Gasteiger partial charge in [0.05, 0.1) is 6.54 Å². The first-order chi connectivity index (χ1) is 6.90. The topological polar surface area (TPSA) is 79.6 Å². The van der Waals surface area contributed by atoms with Crippen LogP contribution in [0.2, 0.25) is 0 Å². The molecule has 1 aliphatic rings. The van der Waals surface area contributed by atoms with E-state index in [2.05, 4.69) is 20.5 Å². The van der Waals surface area contributed by atoms with E-state index in [0.29, 0.717) is 12.0 Å². The number of aromatic nitrogens is 3. The highest BCUT2D eigenvalue weighted by molar-refractivity contribution is 4.87. The average molecular weight is 195 g/mol. The van der Waals surface area contributed by atoms with Gasteiger partial charge in [-0.3, -0.25) is 5.10 Å². The first-order valence-corrected chi connectivity index (χ1v) is 5.18. The SMILES string of the molecule is NCC1CCCC1NCc1ncn[nH]1. The molecule has 1 aromatic rings. The van der Waals surface area contributed by atoms with E-state index in [4.69, 9.17) is 5.73 Å². The van der Waals surface area contributed by atoms with Crippen LogP contribution >= 0.6 is 0 Å². The van der Waals surface area contributed by atoms with Gasteiger partial charge in [-0.15, -0.1) is 0 Å². The zero-order chi connectivity index (χ0) is 9.80. The Morgan fingerprint density at radius 2 is 2.50 bits per heavy atom. The van der Waals surface area contributed by atoms with Crippen molar-refractivity contribution in [3.8, 4) is 0 Å². The molecule has 0 radical (unpaired) electrons. The van der Waals surface area contributed by atoms with Crippen LogP contribution in [0.3, 0.4) is 0 Å². The first-order valence-electron chi connectivity index (χ1n) is 5.18. The summed E-state index contributed by atoms with van der Waals surface area (Å²) in [6, 6.07) is 0.560. The lowest BCUT2D eigenvalue weighted by Crippen LogP contribution is -2.35. The minimum atomic E-state index is 0.560. The molecule has 2 atom stereocenters. The van der Waals surface area contributed by atoms with Crippen molar-refractivity contribution in [1.29, 1.82) is 0 Å². The third-order valence-electron chi connectivity index (χ3n) is 2.96. The molecule has 0 aromatic carbocycles. The molecular formula is C9H17N5. The van der Waals surface area contributed by atoms with E-state index in [9.17, 15) is 0 Å². The van der Waals surface area contributed by atoms with Gasteiger partial charge in [0.25, 0.3) is 0 Å². The van der Waals surface area contributed by atoms with Crippen LogP contribution in [0.1, 0.15) is 25.1 Å². The first kappa shape index (κ1) is 9.61. The summed E-state index contributed by atoms with van der Waals surface area (Å²) in [6.07, 6.45) is 5.31. The number of nitrogens with zero attached hydrogens (tertiary/aromatic N) is 2. The van der Waals surface area contributed by atoms with Crippen molar-refractivity contribution in [3.05, 3.63) is 12.2 Å². The minimum Gasteiger partial charge on any atom is -0.330 e. The molecule has 2 unspecified atom stereocenters. The number of nitrogens with one attached hydrogen (secondary N) is 2. The molecule has 5 nitrogen and oxygen atoms in total. The summed E-state index contributed by atoms with van der Waals surface area (Å²) in [4.78, 5) is 4.07. The molecular weight excluding hydrogens is 178 g/mol. The van der Waals surface area contributed by atoms with Crippen LogP contribution in [0, 0.1) is 5.92 Å². The van der Waals surface area contributed by atoms with Crippen molar-refractivity contribution in [3.63, 3.8) is 0 Å². The van der Waals surface area contributed by atoms with Gasteiger partial charge in [-0.05, 0) is 25.3 Å². The molecule has 0 aliphatic heterocycles. The number of hydrogen-bond donors (Lipinski definition) is 3. The van der Waals surface area contributed by atoms with Gasteiger partial charge in [-0.1, -0.05) is 6.42 Å². The number of nitrogens with two attached hydrogens (primary N) is 1. The molecule has 4 N–H and O–H groups in total. The van der Waals surface area contributed by atoms with Crippen LogP contribution in [0.15, 0.2) is 6.33 Å². The highest BCUT2D eigenvalue weighted by Gasteiger charge is 2.25. The maximum atomic E-state index is 5.70. The molecule has 14 heavy (non-hydrogen) atoms. The molecule has 0 spiro atoms. The van der Waals surface area contributed by atoms with Crippen molar-refractivity contribution >= 4 is 0 Å². The third kappa shape index (κ3) is 2.10. The number of rotatable bonds is 4. The molecule has 0 bridgehead atoms. The van der Waals surface area contributed by atoms with Gasteiger partial charge in [-0.2, -0.15) is 5.10 Å². The molecule has 1 heterocycles. The minimum absolute atomic E-state index is 0.560.